The molecular formula is C20H19N3O2S. The van der Waals surface area contributed by atoms with Crippen molar-refractivity contribution in [3.8, 4) is 12.1 Å². The molecule has 0 spiro atoms. The fourth-order valence-electron chi connectivity index (χ4n) is 2.23. The quantitative estimate of drug-likeness (QED) is 0.675. The van der Waals surface area contributed by atoms with Crippen molar-refractivity contribution in [1.29, 1.82) is 10.5 Å². The van der Waals surface area contributed by atoms with Gasteiger partial charge in [-0.1, -0.05) is 42.1 Å². The van der Waals surface area contributed by atoms with Gasteiger partial charge in [0.1, 0.15) is 23.3 Å². The standard InChI is InChI=1S/C20H19N3O2S/c1-14-13-23(19(24)25-20(2,3)4)18(26-14)10-17(16(11-21)12-22)15-8-6-5-7-9-15/h5-10,13H,1-4H3/b18-10-. The number of carbonyl (C=O) groups is 1. The highest BCUT2D eigenvalue weighted by molar-refractivity contribution is 8.06. The molecule has 6 heteroatoms. The van der Waals surface area contributed by atoms with Gasteiger partial charge in [0.2, 0.25) is 0 Å². The average Bonchev–Trinajstić information content (AvgIpc) is 2.95. The van der Waals surface area contributed by atoms with Crippen LogP contribution >= 0.6 is 11.8 Å². The van der Waals surface area contributed by atoms with E-state index >= 15 is 0 Å². The van der Waals surface area contributed by atoms with Gasteiger partial charge in [-0.05, 0) is 39.3 Å². The Morgan fingerprint density at radius 2 is 1.81 bits per heavy atom. The van der Waals surface area contributed by atoms with Crippen molar-refractivity contribution < 1.29 is 9.53 Å². The lowest BCUT2D eigenvalue weighted by Crippen LogP contribution is -2.31. The van der Waals surface area contributed by atoms with Crippen LogP contribution in [-0.2, 0) is 4.74 Å². The predicted octanol–water partition coefficient (Wildman–Crippen LogP) is 5.17. The minimum Gasteiger partial charge on any atom is -0.443 e. The van der Waals surface area contributed by atoms with Crippen molar-refractivity contribution in [1.82, 2.24) is 4.90 Å². The van der Waals surface area contributed by atoms with Gasteiger partial charge >= 0.3 is 6.09 Å². The second-order valence-corrected chi connectivity index (χ2v) is 7.82. The monoisotopic (exact) mass is 365 g/mol. The van der Waals surface area contributed by atoms with E-state index in [0.717, 1.165) is 10.5 Å². The predicted molar refractivity (Wildman–Crippen MR) is 102 cm³/mol. The van der Waals surface area contributed by atoms with E-state index in [0.29, 0.717) is 10.6 Å². The summed E-state index contributed by atoms with van der Waals surface area (Å²) in [7, 11) is 0. The normalized spacial score (nSPS) is 15.1. The van der Waals surface area contributed by atoms with Crippen LogP contribution in [-0.4, -0.2) is 16.6 Å². The average molecular weight is 365 g/mol. The molecule has 0 atom stereocenters. The maximum absolute atomic E-state index is 12.5. The number of hydrogen-bond acceptors (Lipinski definition) is 5. The number of thioether (sulfide) groups is 1. The zero-order valence-corrected chi connectivity index (χ0v) is 15.9. The lowest BCUT2D eigenvalue weighted by molar-refractivity contribution is 0.0397. The number of amides is 1. The largest absolute Gasteiger partial charge is 0.443 e. The van der Waals surface area contributed by atoms with E-state index in [2.05, 4.69) is 0 Å². The highest BCUT2D eigenvalue weighted by Gasteiger charge is 2.28. The third-order valence-electron chi connectivity index (χ3n) is 3.25. The third kappa shape index (κ3) is 4.78. The molecule has 0 bridgehead atoms. The summed E-state index contributed by atoms with van der Waals surface area (Å²) >= 11 is 1.38. The molecule has 0 radical (unpaired) electrons. The molecule has 1 aliphatic rings. The molecular weight excluding hydrogens is 346 g/mol. The van der Waals surface area contributed by atoms with Gasteiger partial charge in [-0.3, -0.25) is 0 Å². The Balaban J connectivity index is 2.50. The van der Waals surface area contributed by atoms with Crippen molar-refractivity contribution >= 4 is 23.4 Å². The maximum atomic E-state index is 12.5. The first kappa shape index (κ1) is 19.4. The van der Waals surface area contributed by atoms with E-state index < -0.39 is 11.7 Å². The van der Waals surface area contributed by atoms with Crippen LogP contribution in [0.25, 0.3) is 5.57 Å². The zero-order chi connectivity index (χ0) is 19.3. The Bertz CT molecular complexity index is 862. The highest BCUT2D eigenvalue weighted by atomic mass is 32.2. The first-order valence-electron chi connectivity index (χ1n) is 7.95. The van der Waals surface area contributed by atoms with Crippen molar-refractivity contribution in [3.05, 3.63) is 63.7 Å². The van der Waals surface area contributed by atoms with E-state index in [1.807, 2.05) is 49.4 Å². The molecule has 26 heavy (non-hydrogen) atoms. The summed E-state index contributed by atoms with van der Waals surface area (Å²) in [5.41, 5.74) is 0.555. The molecule has 132 valence electrons. The maximum Gasteiger partial charge on any atom is 0.419 e. The summed E-state index contributed by atoms with van der Waals surface area (Å²) in [5, 5.41) is 19.2. The van der Waals surface area contributed by atoms with Crippen LogP contribution < -0.4 is 0 Å². The lowest BCUT2D eigenvalue weighted by Gasteiger charge is -2.24. The molecule has 0 saturated heterocycles. The molecule has 1 amide bonds. The number of rotatable bonds is 2. The molecule has 0 unspecified atom stereocenters. The van der Waals surface area contributed by atoms with Gasteiger partial charge in [0.25, 0.3) is 0 Å². The molecule has 1 heterocycles. The molecule has 1 aromatic carbocycles. The molecule has 0 aliphatic carbocycles. The summed E-state index contributed by atoms with van der Waals surface area (Å²) < 4.78 is 5.44. The van der Waals surface area contributed by atoms with Crippen LogP contribution in [0.1, 0.15) is 33.3 Å². The second-order valence-electron chi connectivity index (χ2n) is 6.55. The van der Waals surface area contributed by atoms with Crippen LogP contribution in [0.5, 0.6) is 0 Å². The van der Waals surface area contributed by atoms with E-state index in [4.69, 9.17) is 4.74 Å². The van der Waals surface area contributed by atoms with Gasteiger partial charge in [0.05, 0.1) is 5.03 Å². The van der Waals surface area contributed by atoms with E-state index in [1.165, 1.54) is 16.7 Å². The molecule has 0 aromatic heterocycles. The SMILES string of the molecule is CC1=CN(C(=O)OC(C)(C)C)/C(=C/C(=C(C#N)C#N)c2ccccc2)S1. The first-order chi connectivity index (χ1) is 12.2. The third-order valence-corrected chi connectivity index (χ3v) is 4.20. The second kappa shape index (κ2) is 7.95. The Morgan fingerprint density at radius 3 is 2.35 bits per heavy atom. The molecule has 5 nitrogen and oxygen atoms in total. The van der Waals surface area contributed by atoms with E-state index in [1.54, 1.807) is 33.0 Å². The summed E-state index contributed by atoms with van der Waals surface area (Å²) in [5.74, 6) is 0. The van der Waals surface area contributed by atoms with Crippen LogP contribution in [0.3, 0.4) is 0 Å². The van der Waals surface area contributed by atoms with Gasteiger partial charge in [-0.2, -0.15) is 10.5 Å². The van der Waals surface area contributed by atoms with Gasteiger partial charge in [-0.15, -0.1) is 0 Å². The van der Waals surface area contributed by atoms with E-state index in [9.17, 15) is 15.3 Å². The Labute approximate surface area is 157 Å². The van der Waals surface area contributed by atoms with Gasteiger partial charge in [0.15, 0.2) is 0 Å². The molecule has 2 rings (SSSR count). The van der Waals surface area contributed by atoms with Gasteiger partial charge in [0, 0.05) is 16.7 Å². The van der Waals surface area contributed by atoms with Crippen molar-refractivity contribution in [3.63, 3.8) is 0 Å². The topological polar surface area (TPSA) is 77.1 Å². The Kier molecular flexibility index (Phi) is 5.92. The summed E-state index contributed by atoms with van der Waals surface area (Å²) in [6, 6.07) is 13.0. The number of nitrogens with zero attached hydrogens (tertiary/aromatic N) is 3. The summed E-state index contributed by atoms with van der Waals surface area (Å²) in [6.07, 6.45) is 2.86. The van der Waals surface area contributed by atoms with Crippen LogP contribution in [0, 0.1) is 22.7 Å². The zero-order valence-electron chi connectivity index (χ0n) is 15.1. The number of allylic oxidation sites excluding steroid dienone is 4. The van der Waals surface area contributed by atoms with E-state index in [-0.39, 0.29) is 5.57 Å². The minimum absolute atomic E-state index is 0.0157. The van der Waals surface area contributed by atoms with Crippen LogP contribution in [0.15, 0.2) is 58.1 Å². The van der Waals surface area contributed by atoms with Crippen LogP contribution in [0.4, 0.5) is 4.79 Å². The lowest BCUT2D eigenvalue weighted by atomic mass is 10.0. The molecule has 0 N–H and O–H groups in total. The number of nitriles is 2. The summed E-state index contributed by atoms with van der Waals surface area (Å²) in [4.78, 5) is 14.8. The number of benzene rings is 1. The molecule has 1 aliphatic heterocycles. The Morgan fingerprint density at radius 1 is 1.19 bits per heavy atom. The minimum atomic E-state index is -0.625. The highest BCUT2D eigenvalue weighted by Crippen LogP contribution is 2.39. The van der Waals surface area contributed by atoms with Crippen molar-refractivity contribution in [2.75, 3.05) is 0 Å². The number of hydrogen-bond donors (Lipinski definition) is 0. The van der Waals surface area contributed by atoms with Gasteiger partial charge < -0.3 is 4.74 Å². The Hall–Kier alpha value is -2.96. The molecule has 0 fully saturated rings. The molecule has 1 aromatic rings. The fraction of sp³-hybridized carbons (Fsp3) is 0.250. The molecule has 0 saturated carbocycles. The smallest absolute Gasteiger partial charge is 0.419 e. The summed E-state index contributed by atoms with van der Waals surface area (Å²) in [6.45, 7) is 7.27. The van der Waals surface area contributed by atoms with Gasteiger partial charge in [-0.25, -0.2) is 9.69 Å². The van der Waals surface area contributed by atoms with Crippen LogP contribution in [0.2, 0.25) is 0 Å². The van der Waals surface area contributed by atoms with Crippen molar-refractivity contribution in [2.24, 2.45) is 0 Å². The first-order valence-corrected chi connectivity index (χ1v) is 8.77. The van der Waals surface area contributed by atoms with Crippen molar-refractivity contribution in [2.45, 2.75) is 33.3 Å². The fourth-order valence-corrected chi connectivity index (χ4v) is 3.12. The number of carbonyl (C=O) groups excluding carboxylic acids is 1. The number of ether oxygens (including phenoxy) is 1.